The van der Waals surface area contributed by atoms with Gasteiger partial charge in [-0.05, 0) is 48.9 Å². The first-order valence-electron chi connectivity index (χ1n) is 8.66. The summed E-state index contributed by atoms with van der Waals surface area (Å²) in [6.07, 6.45) is 0. The molecule has 0 aliphatic rings. The molecule has 0 saturated carbocycles. The van der Waals surface area contributed by atoms with Crippen LogP contribution >= 0.6 is 27.5 Å². The number of anilines is 1. The molecule has 0 amide bonds. The average Bonchev–Trinajstić information content (AvgIpc) is 2.66. The molecule has 0 spiro atoms. The van der Waals surface area contributed by atoms with E-state index in [9.17, 15) is 4.79 Å². The van der Waals surface area contributed by atoms with Crippen molar-refractivity contribution in [3.8, 4) is 5.75 Å². The minimum absolute atomic E-state index is 0.178. The summed E-state index contributed by atoms with van der Waals surface area (Å²) in [7, 11) is 0. The fourth-order valence-corrected chi connectivity index (χ4v) is 3.37. The van der Waals surface area contributed by atoms with Crippen molar-refractivity contribution in [3.63, 3.8) is 0 Å². The van der Waals surface area contributed by atoms with Gasteiger partial charge in [-0.25, -0.2) is 4.79 Å². The molecule has 0 bridgehead atoms. The van der Waals surface area contributed by atoms with Crippen molar-refractivity contribution in [2.75, 3.05) is 5.32 Å². The molecule has 0 fully saturated rings. The molecule has 0 atom stereocenters. The minimum Gasteiger partial charge on any atom is -0.489 e. The van der Waals surface area contributed by atoms with Gasteiger partial charge in [0.25, 0.3) is 0 Å². The molecule has 6 heteroatoms. The highest BCUT2D eigenvalue weighted by molar-refractivity contribution is 9.10. The van der Waals surface area contributed by atoms with E-state index in [1.807, 2.05) is 43.3 Å². The Morgan fingerprint density at radius 3 is 2.71 bits per heavy atom. The summed E-state index contributed by atoms with van der Waals surface area (Å²) < 4.78 is 6.95. The van der Waals surface area contributed by atoms with Gasteiger partial charge in [-0.2, -0.15) is 0 Å². The molecule has 3 rings (SSSR count). The van der Waals surface area contributed by atoms with Crippen molar-refractivity contribution >= 4 is 39.2 Å². The van der Waals surface area contributed by atoms with Crippen LogP contribution < -0.4 is 10.1 Å². The number of carboxylic acid groups (broad SMARTS) is 1. The first kappa shape index (κ1) is 20.2. The summed E-state index contributed by atoms with van der Waals surface area (Å²) in [4.78, 5) is 11.2. The Balaban J connectivity index is 1.76. The van der Waals surface area contributed by atoms with Crippen molar-refractivity contribution in [2.24, 2.45) is 0 Å². The summed E-state index contributed by atoms with van der Waals surface area (Å²) in [5.74, 6) is -0.243. The van der Waals surface area contributed by atoms with Crippen LogP contribution in [0.1, 0.15) is 27.0 Å². The molecule has 28 heavy (non-hydrogen) atoms. The molecule has 0 aliphatic carbocycles. The average molecular weight is 461 g/mol. The lowest BCUT2D eigenvalue weighted by Gasteiger charge is -2.15. The molecular weight excluding hydrogens is 442 g/mol. The molecule has 144 valence electrons. The number of aryl methyl sites for hydroxylation is 1. The Labute approximate surface area is 177 Å². The van der Waals surface area contributed by atoms with Gasteiger partial charge in [0, 0.05) is 16.6 Å². The van der Waals surface area contributed by atoms with E-state index in [0.717, 1.165) is 21.3 Å². The van der Waals surface area contributed by atoms with E-state index < -0.39 is 5.97 Å². The fourth-order valence-electron chi connectivity index (χ4n) is 2.77. The Morgan fingerprint density at radius 1 is 1.14 bits per heavy atom. The number of hydrogen-bond acceptors (Lipinski definition) is 3. The molecule has 0 radical (unpaired) electrons. The summed E-state index contributed by atoms with van der Waals surface area (Å²) in [6.45, 7) is 2.95. The van der Waals surface area contributed by atoms with E-state index >= 15 is 0 Å². The minimum atomic E-state index is -0.996. The maximum atomic E-state index is 11.2. The van der Waals surface area contributed by atoms with Crippen molar-refractivity contribution in [3.05, 3.63) is 92.4 Å². The van der Waals surface area contributed by atoms with Gasteiger partial charge in [-0.15, -0.1) is 0 Å². The normalized spacial score (nSPS) is 10.5. The van der Waals surface area contributed by atoms with Crippen LogP contribution in [0.25, 0.3) is 0 Å². The van der Waals surface area contributed by atoms with Crippen LogP contribution in [0.15, 0.2) is 65.1 Å². The quantitative estimate of drug-likeness (QED) is 0.434. The maximum Gasteiger partial charge on any atom is 0.335 e. The van der Waals surface area contributed by atoms with Crippen molar-refractivity contribution in [1.82, 2.24) is 0 Å². The van der Waals surface area contributed by atoms with Crippen LogP contribution in [0.5, 0.6) is 5.75 Å². The first-order chi connectivity index (χ1) is 13.4. The Hall–Kier alpha value is -2.50. The molecule has 0 unspecified atom stereocenters. The van der Waals surface area contributed by atoms with E-state index in [0.29, 0.717) is 23.9 Å². The number of rotatable bonds is 7. The molecule has 0 aromatic heterocycles. The number of carbonyl (C=O) groups is 1. The number of hydrogen-bond donors (Lipinski definition) is 2. The second-order valence-corrected chi connectivity index (χ2v) is 7.71. The Kier molecular flexibility index (Phi) is 6.60. The van der Waals surface area contributed by atoms with Crippen molar-refractivity contribution in [1.29, 1.82) is 0 Å². The van der Waals surface area contributed by atoms with Crippen LogP contribution in [-0.4, -0.2) is 11.1 Å². The van der Waals surface area contributed by atoms with Gasteiger partial charge in [-0.3, -0.25) is 0 Å². The lowest BCUT2D eigenvalue weighted by molar-refractivity contribution is 0.0697. The van der Waals surface area contributed by atoms with Crippen LogP contribution in [-0.2, 0) is 13.2 Å². The second-order valence-electron chi connectivity index (χ2n) is 6.38. The lowest BCUT2D eigenvalue weighted by Crippen LogP contribution is -2.05. The number of ether oxygens (including phenoxy) is 1. The second kappa shape index (κ2) is 9.13. The predicted octanol–water partition coefficient (Wildman–Crippen LogP) is 6.30. The largest absolute Gasteiger partial charge is 0.489 e. The number of aromatic carboxylic acids is 1. The fraction of sp³-hybridized carbons (Fsp3) is 0.136. The summed E-state index contributed by atoms with van der Waals surface area (Å²) in [5, 5.41) is 12.8. The number of halogens is 2. The third-order valence-electron chi connectivity index (χ3n) is 4.18. The van der Waals surface area contributed by atoms with Gasteiger partial charge in [-0.1, -0.05) is 57.4 Å². The molecule has 0 heterocycles. The zero-order valence-corrected chi connectivity index (χ0v) is 17.5. The van der Waals surface area contributed by atoms with Gasteiger partial charge in [0.1, 0.15) is 12.4 Å². The zero-order valence-electron chi connectivity index (χ0n) is 15.2. The Morgan fingerprint density at radius 2 is 1.96 bits per heavy atom. The zero-order chi connectivity index (χ0) is 20.1. The maximum absolute atomic E-state index is 11.2. The van der Waals surface area contributed by atoms with Crippen molar-refractivity contribution < 1.29 is 14.6 Å². The van der Waals surface area contributed by atoms with E-state index in [-0.39, 0.29) is 5.56 Å². The number of carboxylic acids is 1. The third-order valence-corrected chi connectivity index (χ3v) is 5.00. The van der Waals surface area contributed by atoms with Crippen LogP contribution in [0.3, 0.4) is 0 Å². The van der Waals surface area contributed by atoms with Crippen LogP contribution in [0.4, 0.5) is 5.69 Å². The molecule has 2 N–H and O–H groups in total. The van der Waals surface area contributed by atoms with Crippen LogP contribution in [0.2, 0.25) is 5.02 Å². The van der Waals surface area contributed by atoms with E-state index in [2.05, 4.69) is 27.3 Å². The van der Waals surface area contributed by atoms with Gasteiger partial charge >= 0.3 is 5.97 Å². The molecule has 0 aliphatic heterocycles. The highest BCUT2D eigenvalue weighted by atomic mass is 79.9. The van der Waals surface area contributed by atoms with Crippen LogP contribution in [0, 0.1) is 6.92 Å². The molecule has 3 aromatic carbocycles. The van der Waals surface area contributed by atoms with E-state index in [1.54, 1.807) is 6.07 Å². The molecule has 0 saturated heterocycles. The predicted molar refractivity (Wildman–Crippen MR) is 115 cm³/mol. The molecule has 3 aromatic rings. The van der Waals surface area contributed by atoms with E-state index in [4.69, 9.17) is 21.4 Å². The lowest BCUT2D eigenvalue weighted by atomic mass is 10.1. The molecular formula is C22H19BrClNO3. The third kappa shape index (κ3) is 5.27. The number of benzene rings is 3. The summed E-state index contributed by atoms with van der Waals surface area (Å²) in [5.41, 5.74) is 3.95. The summed E-state index contributed by atoms with van der Waals surface area (Å²) in [6, 6.07) is 18.6. The van der Waals surface area contributed by atoms with Crippen molar-refractivity contribution in [2.45, 2.75) is 20.1 Å². The van der Waals surface area contributed by atoms with Gasteiger partial charge in [0.05, 0.1) is 16.3 Å². The standard InChI is InChI=1S/C22H19BrClNO3/c1-14-3-2-4-15(9-14)13-28-21-8-6-18(23)10-17(21)12-25-20-11-16(22(26)27)5-7-19(20)24/h2-11,25H,12-13H2,1H3,(H,26,27). The highest BCUT2D eigenvalue weighted by Gasteiger charge is 2.10. The summed E-state index contributed by atoms with van der Waals surface area (Å²) >= 11 is 9.68. The topological polar surface area (TPSA) is 58.6 Å². The van der Waals surface area contributed by atoms with Gasteiger partial charge in [0.2, 0.25) is 0 Å². The van der Waals surface area contributed by atoms with Gasteiger partial charge < -0.3 is 15.2 Å². The Bertz CT molecular complexity index is 1010. The van der Waals surface area contributed by atoms with E-state index in [1.165, 1.54) is 17.7 Å². The monoisotopic (exact) mass is 459 g/mol. The smallest absolute Gasteiger partial charge is 0.335 e. The van der Waals surface area contributed by atoms with Gasteiger partial charge in [0.15, 0.2) is 0 Å². The highest BCUT2D eigenvalue weighted by Crippen LogP contribution is 2.28. The number of nitrogens with one attached hydrogen (secondary N) is 1. The molecule has 4 nitrogen and oxygen atoms in total. The SMILES string of the molecule is Cc1cccc(COc2ccc(Br)cc2CNc2cc(C(=O)O)ccc2Cl)c1. The first-order valence-corrected chi connectivity index (χ1v) is 9.83.